The summed E-state index contributed by atoms with van der Waals surface area (Å²) in [5, 5.41) is 0. The Morgan fingerprint density at radius 2 is 1.93 bits per heavy atom. The van der Waals surface area contributed by atoms with Crippen LogP contribution in [0.2, 0.25) is 0 Å². The zero-order chi connectivity index (χ0) is 10.7. The Morgan fingerprint density at radius 1 is 1.20 bits per heavy atom. The van der Waals surface area contributed by atoms with Crippen LogP contribution < -0.4 is 0 Å². The molecule has 0 aromatic heterocycles. The first kappa shape index (κ1) is 11.4. The van der Waals surface area contributed by atoms with Gasteiger partial charge >= 0.3 is 0 Å². The molecule has 15 heavy (non-hydrogen) atoms. The third-order valence-corrected chi connectivity index (χ3v) is 4.83. The fourth-order valence-electron chi connectivity index (χ4n) is 3.37. The largest absolute Gasteiger partial charge is 0.375 e. The summed E-state index contributed by atoms with van der Waals surface area (Å²) in [6.07, 6.45) is 10.9. The van der Waals surface area contributed by atoms with E-state index in [1.165, 1.54) is 51.4 Å². The fourth-order valence-corrected chi connectivity index (χ4v) is 3.37. The van der Waals surface area contributed by atoms with Gasteiger partial charge in [-0.2, -0.15) is 0 Å². The van der Waals surface area contributed by atoms with Crippen molar-refractivity contribution in [2.24, 2.45) is 11.8 Å². The average molecular weight is 210 g/mol. The van der Waals surface area contributed by atoms with Crippen molar-refractivity contribution in [3.8, 4) is 0 Å². The highest BCUT2D eigenvalue weighted by molar-refractivity contribution is 4.89. The Bertz CT molecular complexity index is 184. The second-order valence-electron chi connectivity index (χ2n) is 5.71. The van der Waals surface area contributed by atoms with Gasteiger partial charge in [0.1, 0.15) is 0 Å². The quantitative estimate of drug-likeness (QED) is 0.665. The van der Waals surface area contributed by atoms with E-state index in [2.05, 4.69) is 13.8 Å². The molecule has 1 nitrogen and oxygen atoms in total. The Kier molecular flexibility index (Phi) is 3.71. The van der Waals surface area contributed by atoms with Gasteiger partial charge in [-0.15, -0.1) is 0 Å². The predicted molar refractivity (Wildman–Crippen MR) is 63.9 cm³/mol. The van der Waals surface area contributed by atoms with Crippen LogP contribution in [0.1, 0.15) is 65.2 Å². The van der Waals surface area contributed by atoms with Crippen LogP contribution >= 0.6 is 0 Å². The summed E-state index contributed by atoms with van der Waals surface area (Å²) < 4.78 is 6.07. The summed E-state index contributed by atoms with van der Waals surface area (Å²) in [4.78, 5) is 0. The molecular weight excluding hydrogens is 184 g/mol. The first-order valence-corrected chi connectivity index (χ1v) is 6.90. The Morgan fingerprint density at radius 3 is 2.47 bits per heavy atom. The molecule has 1 saturated heterocycles. The monoisotopic (exact) mass is 210 g/mol. The molecule has 1 heteroatoms. The van der Waals surface area contributed by atoms with Gasteiger partial charge in [-0.1, -0.05) is 20.3 Å². The lowest BCUT2D eigenvalue weighted by Crippen LogP contribution is -2.40. The highest BCUT2D eigenvalue weighted by atomic mass is 16.5. The Hall–Kier alpha value is -0.0400. The van der Waals surface area contributed by atoms with Gasteiger partial charge in [0.15, 0.2) is 0 Å². The number of ether oxygens (including phenoxy) is 1. The summed E-state index contributed by atoms with van der Waals surface area (Å²) >= 11 is 0. The number of hydrogen-bond donors (Lipinski definition) is 0. The summed E-state index contributed by atoms with van der Waals surface area (Å²) in [6, 6.07) is 0. The van der Waals surface area contributed by atoms with E-state index in [4.69, 9.17) is 4.74 Å². The van der Waals surface area contributed by atoms with Crippen LogP contribution in [0.5, 0.6) is 0 Å². The number of hydrogen-bond acceptors (Lipinski definition) is 1. The first-order chi connectivity index (χ1) is 7.26. The molecule has 1 aliphatic heterocycles. The van der Waals surface area contributed by atoms with Gasteiger partial charge in [-0.05, 0) is 56.8 Å². The molecule has 1 unspecified atom stereocenters. The highest BCUT2D eigenvalue weighted by Gasteiger charge is 2.38. The van der Waals surface area contributed by atoms with Crippen molar-refractivity contribution in [3.05, 3.63) is 0 Å². The second kappa shape index (κ2) is 4.86. The standard InChI is InChI=1S/C14H26O/c1-3-12(2)13-6-9-14(10-7-13)8-4-5-11-15-14/h12-13H,3-11H2,1-2H3. The van der Waals surface area contributed by atoms with Crippen LogP contribution in [-0.2, 0) is 4.74 Å². The summed E-state index contributed by atoms with van der Waals surface area (Å²) in [5.74, 6) is 1.90. The maximum atomic E-state index is 6.07. The first-order valence-electron chi connectivity index (χ1n) is 6.90. The molecule has 0 aromatic carbocycles. The second-order valence-corrected chi connectivity index (χ2v) is 5.71. The van der Waals surface area contributed by atoms with Crippen molar-refractivity contribution in [2.45, 2.75) is 70.8 Å². The molecule has 1 saturated carbocycles. The van der Waals surface area contributed by atoms with Crippen molar-refractivity contribution in [1.29, 1.82) is 0 Å². The predicted octanol–water partition coefficient (Wildman–Crippen LogP) is 4.16. The van der Waals surface area contributed by atoms with E-state index in [0.29, 0.717) is 5.60 Å². The van der Waals surface area contributed by atoms with Crippen LogP contribution in [0.15, 0.2) is 0 Å². The van der Waals surface area contributed by atoms with Crippen molar-refractivity contribution in [1.82, 2.24) is 0 Å². The van der Waals surface area contributed by atoms with Crippen molar-refractivity contribution >= 4 is 0 Å². The highest BCUT2D eigenvalue weighted by Crippen LogP contribution is 2.43. The zero-order valence-electron chi connectivity index (χ0n) is 10.4. The molecule has 2 fully saturated rings. The van der Waals surface area contributed by atoms with Gasteiger partial charge in [0.2, 0.25) is 0 Å². The van der Waals surface area contributed by atoms with Gasteiger partial charge < -0.3 is 4.74 Å². The maximum absolute atomic E-state index is 6.07. The molecule has 2 rings (SSSR count). The third kappa shape index (κ3) is 2.55. The molecule has 88 valence electrons. The molecule has 0 amide bonds. The van der Waals surface area contributed by atoms with Crippen molar-refractivity contribution < 1.29 is 4.74 Å². The van der Waals surface area contributed by atoms with Crippen LogP contribution in [0.3, 0.4) is 0 Å². The molecule has 0 radical (unpaired) electrons. The SMILES string of the molecule is CCC(C)C1CCC2(CCCCO2)CC1. The van der Waals surface area contributed by atoms with Gasteiger partial charge in [0, 0.05) is 6.61 Å². The Labute approximate surface area is 94.6 Å². The molecule has 1 aliphatic carbocycles. The summed E-state index contributed by atoms with van der Waals surface area (Å²) in [6.45, 7) is 5.77. The lowest BCUT2D eigenvalue weighted by molar-refractivity contribution is -0.109. The third-order valence-electron chi connectivity index (χ3n) is 4.83. The molecule has 0 aromatic rings. The Balaban J connectivity index is 1.85. The molecule has 1 spiro atoms. The zero-order valence-corrected chi connectivity index (χ0v) is 10.4. The smallest absolute Gasteiger partial charge is 0.0682 e. The lowest BCUT2D eigenvalue weighted by atomic mass is 9.71. The van der Waals surface area contributed by atoms with Crippen molar-refractivity contribution in [3.63, 3.8) is 0 Å². The van der Waals surface area contributed by atoms with Gasteiger partial charge in [0.05, 0.1) is 5.60 Å². The minimum atomic E-state index is 0.322. The van der Waals surface area contributed by atoms with Crippen LogP contribution in [0.4, 0.5) is 0 Å². The van der Waals surface area contributed by atoms with E-state index >= 15 is 0 Å². The molecular formula is C14H26O. The molecule has 0 bridgehead atoms. The van der Waals surface area contributed by atoms with Crippen LogP contribution in [0, 0.1) is 11.8 Å². The minimum absolute atomic E-state index is 0.322. The number of rotatable bonds is 2. The normalized spacial score (nSPS) is 39.2. The molecule has 2 aliphatic rings. The molecule has 1 heterocycles. The minimum Gasteiger partial charge on any atom is -0.375 e. The van der Waals surface area contributed by atoms with Crippen LogP contribution in [0.25, 0.3) is 0 Å². The topological polar surface area (TPSA) is 9.23 Å². The summed E-state index contributed by atoms with van der Waals surface area (Å²) in [7, 11) is 0. The van der Waals surface area contributed by atoms with E-state index in [1.54, 1.807) is 0 Å². The van der Waals surface area contributed by atoms with E-state index < -0.39 is 0 Å². The van der Waals surface area contributed by atoms with E-state index in [9.17, 15) is 0 Å². The van der Waals surface area contributed by atoms with Crippen molar-refractivity contribution in [2.75, 3.05) is 6.61 Å². The maximum Gasteiger partial charge on any atom is 0.0682 e. The fraction of sp³-hybridized carbons (Fsp3) is 1.00. The van der Waals surface area contributed by atoms with Gasteiger partial charge in [0.25, 0.3) is 0 Å². The lowest BCUT2D eigenvalue weighted by Gasteiger charge is -2.44. The molecule has 0 N–H and O–H groups in total. The van der Waals surface area contributed by atoms with Gasteiger partial charge in [-0.25, -0.2) is 0 Å². The summed E-state index contributed by atoms with van der Waals surface area (Å²) in [5.41, 5.74) is 0.322. The molecule has 1 atom stereocenters. The van der Waals surface area contributed by atoms with Crippen LogP contribution in [-0.4, -0.2) is 12.2 Å². The van der Waals surface area contributed by atoms with E-state index in [1.807, 2.05) is 0 Å². The van der Waals surface area contributed by atoms with E-state index in [0.717, 1.165) is 18.4 Å². The van der Waals surface area contributed by atoms with E-state index in [-0.39, 0.29) is 0 Å². The van der Waals surface area contributed by atoms with Gasteiger partial charge in [-0.3, -0.25) is 0 Å². The average Bonchev–Trinajstić information content (AvgIpc) is 2.30.